The van der Waals surface area contributed by atoms with Crippen LogP contribution < -0.4 is 5.32 Å². The number of carbonyl (C=O) groups excluding carboxylic acids is 1. The van der Waals surface area contributed by atoms with Gasteiger partial charge in [0.2, 0.25) is 0 Å². The summed E-state index contributed by atoms with van der Waals surface area (Å²) in [7, 11) is 0. The normalized spacial score (nSPS) is 20.0. The van der Waals surface area contributed by atoms with E-state index >= 15 is 0 Å². The zero-order valence-electron chi connectivity index (χ0n) is 15.6. The van der Waals surface area contributed by atoms with Gasteiger partial charge in [0.1, 0.15) is 5.69 Å². The number of benzene rings is 1. The molecule has 0 bridgehead atoms. The van der Waals surface area contributed by atoms with Crippen molar-refractivity contribution in [1.82, 2.24) is 4.90 Å². The SMILES string of the molecule is CC(=O)c1ccc(NC2CCN(CC3CCCCC3)CC2)c([N+](=O)[O-])c1. The molecule has 142 valence electrons. The molecule has 6 nitrogen and oxygen atoms in total. The van der Waals surface area contributed by atoms with Crippen molar-refractivity contribution in [1.29, 1.82) is 0 Å². The van der Waals surface area contributed by atoms with Crippen LogP contribution >= 0.6 is 0 Å². The Bertz CT molecular complexity index is 648. The van der Waals surface area contributed by atoms with E-state index in [-0.39, 0.29) is 17.5 Å². The number of rotatable bonds is 6. The van der Waals surface area contributed by atoms with Crippen LogP contribution in [0, 0.1) is 16.0 Å². The van der Waals surface area contributed by atoms with Gasteiger partial charge >= 0.3 is 0 Å². The van der Waals surface area contributed by atoms with Crippen molar-refractivity contribution in [2.45, 2.75) is 57.9 Å². The van der Waals surface area contributed by atoms with E-state index in [9.17, 15) is 14.9 Å². The fraction of sp³-hybridized carbons (Fsp3) is 0.650. The number of anilines is 1. The van der Waals surface area contributed by atoms with Crippen LogP contribution in [0.1, 0.15) is 62.2 Å². The second kappa shape index (κ2) is 8.62. The fourth-order valence-electron chi connectivity index (χ4n) is 4.24. The van der Waals surface area contributed by atoms with Gasteiger partial charge in [-0.1, -0.05) is 19.3 Å². The van der Waals surface area contributed by atoms with Gasteiger partial charge in [0.25, 0.3) is 5.69 Å². The van der Waals surface area contributed by atoms with E-state index in [1.807, 2.05) is 0 Å². The Labute approximate surface area is 155 Å². The van der Waals surface area contributed by atoms with Crippen LogP contribution in [0.3, 0.4) is 0 Å². The third-order valence-electron chi connectivity index (χ3n) is 5.79. The summed E-state index contributed by atoms with van der Waals surface area (Å²) in [4.78, 5) is 25.0. The predicted molar refractivity (Wildman–Crippen MR) is 103 cm³/mol. The Morgan fingerprint density at radius 1 is 1.19 bits per heavy atom. The van der Waals surface area contributed by atoms with Crippen LogP contribution in [0.15, 0.2) is 18.2 Å². The number of hydrogen-bond donors (Lipinski definition) is 1. The molecule has 0 aromatic heterocycles. The lowest BCUT2D eigenvalue weighted by Crippen LogP contribution is -2.41. The molecule has 26 heavy (non-hydrogen) atoms. The highest BCUT2D eigenvalue weighted by Gasteiger charge is 2.25. The van der Waals surface area contributed by atoms with Gasteiger partial charge in [-0.25, -0.2) is 0 Å². The van der Waals surface area contributed by atoms with E-state index < -0.39 is 4.92 Å². The maximum Gasteiger partial charge on any atom is 0.293 e. The highest BCUT2D eigenvalue weighted by atomic mass is 16.6. The van der Waals surface area contributed by atoms with Gasteiger partial charge in [0, 0.05) is 37.3 Å². The Morgan fingerprint density at radius 2 is 1.88 bits per heavy atom. The number of nitrogens with zero attached hydrogens (tertiary/aromatic N) is 2. The van der Waals surface area contributed by atoms with E-state index in [4.69, 9.17) is 0 Å². The molecule has 1 heterocycles. The van der Waals surface area contributed by atoms with Crippen molar-refractivity contribution < 1.29 is 9.72 Å². The molecule has 0 unspecified atom stereocenters. The summed E-state index contributed by atoms with van der Waals surface area (Å²) >= 11 is 0. The lowest BCUT2D eigenvalue weighted by Gasteiger charge is -2.35. The molecule has 1 aromatic carbocycles. The molecule has 1 aliphatic heterocycles. The number of ketones is 1. The molecule has 0 spiro atoms. The molecule has 2 aliphatic rings. The van der Waals surface area contributed by atoms with Gasteiger partial charge in [-0.05, 0) is 50.7 Å². The Morgan fingerprint density at radius 3 is 2.50 bits per heavy atom. The summed E-state index contributed by atoms with van der Waals surface area (Å²) in [5.41, 5.74) is 0.887. The number of nitro groups is 1. The number of hydrogen-bond acceptors (Lipinski definition) is 5. The van der Waals surface area contributed by atoms with Crippen LogP contribution in [-0.2, 0) is 0 Å². The molecule has 1 aliphatic carbocycles. The van der Waals surface area contributed by atoms with Crippen molar-refractivity contribution in [3.63, 3.8) is 0 Å². The largest absolute Gasteiger partial charge is 0.377 e. The number of likely N-dealkylation sites (tertiary alicyclic amines) is 1. The highest BCUT2D eigenvalue weighted by molar-refractivity contribution is 5.95. The minimum absolute atomic E-state index is 0.0117. The first kappa shape index (κ1) is 18.8. The summed E-state index contributed by atoms with van der Waals surface area (Å²) in [6, 6.07) is 4.96. The molecule has 1 saturated heterocycles. The Kier molecular flexibility index (Phi) is 6.25. The summed E-state index contributed by atoms with van der Waals surface area (Å²) in [5, 5.41) is 14.7. The van der Waals surface area contributed by atoms with Crippen molar-refractivity contribution in [2.24, 2.45) is 5.92 Å². The van der Waals surface area contributed by atoms with E-state index in [0.717, 1.165) is 31.8 Å². The van der Waals surface area contributed by atoms with Crippen LogP contribution in [-0.4, -0.2) is 41.3 Å². The summed E-state index contributed by atoms with van der Waals surface area (Å²) < 4.78 is 0. The van der Waals surface area contributed by atoms with Crippen LogP contribution in [0.2, 0.25) is 0 Å². The smallest absolute Gasteiger partial charge is 0.293 e. The first-order valence-electron chi connectivity index (χ1n) is 9.81. The number of nitro benzene ring substituents is 1. The maximum absolute atomic E-state index is 11.5. The second-order valence-electron chi connectivity index (χ2n) is 7.77. The monoisotopic (exact) mass is 359 g/mol. The first-order chi connectivity index (χ1) is 12.5. The van der Waals surface area contributed by atoms with Gasteiger partial charge in [-0.3, -0.25) is 14.9 Å². The fourth-order valence-corrected chi connectivity index (χ4v) is 4.24. The zero-order valence-corrected chi connectivity index (χ0v) is 15.6. The van der Waals surface area contributed by atoms with Crippen molar-refractivity contribution in [3.05, 3.63) is 33.9 Å². The number of Topliss-reactive ketones (excluding diaryl/α,β-unsaturated/α-hetero) is 1. The third kappa shape index (κ3) is 4.81. The molecule has 0 radical (unpaired) electrons. The molecule has 3 rings (SSSR count). The maximum atomic E-state index is 11.5. The van der Waals surface area contributed by atoms with Gasteiger partial charge in [0.05, 0.1) is 4.92 Å². The molecular weight excluding hydrogens is 330 g/mol. The number of nitrogens with one attached hydrogen (secondary N) is 1. The van der Waals surface area contributed by atoms with Crippen molar-refractivity contribution >= 4 is 17.2 Å². The van der Waals surface area contributed by atoms with E-state index in [0.29, 0.717) is 11.3 Å². The van der Waals surface area contributed by atoms with E-state index in [2.05, 4.69) is 10.2 Å². The predicted octanol–water partition coefficient (Wildman–Crippen LogP) is 4.25. The van der Waals surface area contributed by atoms with Gasteiger partial charge in [0.15, 0.2) is 5.78 Å². The number of piperidine rings is 1. The standard InChI is InChI=1S/C20H29N3O3/c1-15(24)17-7-8-19(20(13-17)23(25)26)21-18-9-11-22(12-10-18)14-16-5-3-2-4-6-16/h7-8,13,16,18,21H,2-6,9-12,14H2,1H3. The van der Waals surface area contributed by atoms with Gasteiger partial charge < -0.3 is 10.2 Å². The molecule has 2 fully saturated rings. The average molecular weight is 359 g/mol. The van der Waals surface area contributed by atoms with Crippen molar-refractivity contribution in [3.8, 4) is 0 Å². The molecule has 1 N–H and O–H groups in total. The van der Waals surface area contributed by atoms with Gasteiger partial charge in [-0.15, -0.1) is 0 Å². The Balaban J connectivity index is 1.55. The zero-order chi connectivity index (χ0) is 18.5. The van der Waals surface area contributed by atoms with E-state index in [1.165, 1.54) is 51.6 Å². The van der Waals surface area contributed by atoms with Crippen molar-refractivity contribution in [2.75, 3.05) is 25.0 Å². The minimum Gasteiger partial charge on any atom is -0.377 e. The quantitative estimate of drug-likeness (QED) is 0.467. The van der Waals surface area contributed by atoms with Crippen LogP contribution in [0.5, 0.6) is 0 Å². The average Bonchev–Trinajstić information content (AvgIpc) is 2.64. The molecule has 1 aromatic rings. The minimum atomic E-state index is -0.410. The molecule has 0 amide bonds. The lowest BCUT2D eigenvalue weighted by atomic mass is 9.88. The van der Waals surface area contributed by atoms with Crippen LogP contribution in [0.4, 0.5) is 11.4 Å². The highest BCUT2D eigenvalue weighted by Crippen LogP contribution is 2.29. The lowest BCUT2D eigenvalue weighted by molar-refractivity contribution is -0.384. The molecule has 0 atom stereocenters. The van der Waals surface area contributed by atoms with Crippen LogP contribution in [0.25, 0.3) is 0 Å². The summed E-state index contributed by atoms with van der Waals surface area (Å²) in [6.45, 7) is 4.73. The first-order valence-corrected chi connectivity index (χ1v) is 9.81. The molecule has 6 heteroatoms. The second-order valence-corrected chi connectivity index (χ2v) is 7.77. The third-order valence-corrected chi connectivity index (χ3v) is 5.79. The summed E-state index contributed by atoms with van der Waals surface area (Å²) in [6.07, 6.45) is 8.88. The Hall–Kier alpha value is -1.95. The van der Waals surface area contributed by atoms with Gasteiger partial charge in [-0.2, -0.15) is 0 Å². The molecular formula is C20H29N3O3. The summed E-state index contributed by atoms with van der Waals surface area (Å²) in [5.74, 6) is 0.698. The molecule has 1 saturated carbocycles. The van der Waals surface area contributed by atoms with E-state index in [1.54, 1.807) is 12.1 Å². The topological polar surface area (TPSA) is 75.5 Å². The number of carbonyl (C=O) groups is 1.